The summed E-state index contributed by atoms with van der Waals surface area (Å²) in [4.78, 5) is 9.20. The molecule has 0 spiro atoms. The van der Waals surface area contributed by atoms with E-state index >= 15 is 0 Å². The zero-order valence-electron chi connectivity index (χ0n) is 16.4. The maximum absolute atomic E-state index is 13.3. The van der Waals surface area contributed by atoms with Gasteiger partial charge in [-0.25, -0.2) is 14.4 Å². The molecular weight excluding hydrogens is 429 g/mol. The quantitative estimate of drug-likeness (QED) is 0.212. The van der Waals surface area contributed by atoms with E-state index in [0.29, 0.717) is 10.8 Å². The van der Waals surface area contributed by atoms with Crippen LogP contribution in [0, 0.1) is 5.82 Å². The van der Waals surface area contributed by atoms with Crippen LogP contribution in [0.25, 0.3) is 27.8 Å². The first-order valence-electron chi connectivity index (χ1n) is 9.74. The van der Waals surface area contributed by atoms with Crippen LogP contribution in [0.2, 0.25) is 5.02 Å². The second-order valence-electron chi connectivity index (χ2n) is 7.05. The summed E-state index contributed by atoms with van der Waals surface area (Å²) in [7, 11) is 0. The van der Waals surface area contributed by atoms with Crippen molar-refractivity contribution in [2.24, 2.45) is 0 Å². The molecular formula is C25H17ClFN3S. The largest absolute Gasteiger partial charge is 0.301 e. The summed E-state index contributed by atoms with van der Waals surface area (Å²) in [5, 5.41) is 2.54. The number of hydrogen-bond acceptors (Lipinski definition) is 3. The fraction of sp³-hybridized carbons (Fsp3) is 0.0400. The summed E-state index contributed by atoms with van der Waals surface area (Å²) in [6.07, 6.45) is 3.67. The van der Waals surface area contributed by atoms with Gasteiger partial charge in [0.2, 0.25) is 0 Å². The molecule has 0 radical (unpaired) electrons. The van der Waals surface area contributed by atoms with Gasteiger partial charge in [0, 0.05) is 28.2 Å². The van der Waals surface area contributed by atoms with E-state index in [0.717, 1.165) is 38.4 Å². The van der Waals surface area contributed by atoms with E-state index in [2.05, 4.69) is 28.3 Å². The van der Waals surface area contributed by atoms with Crippen molar-refractivity contribution in [2.45, 2.75) is 10.8 Å². The molecule has 5 rings (SSSR count). The molecule has 0 amide bonds. The average molecular weight is 446 g/mol. The zero-order chi connectivity index (χ0) is 21.2. The van der Waals surface area contributed by atoms with Gasteiger partial charge in [-0.05, 0) is 41.5 Å². The molecule has 2 aromatic heterocycles. The van der Waals surface area contributed by atoms with Gasteiger partial charge >= 0.3 is 0 Å². The van der Waals surface area contributed by atoms with Gasteiger partial charge in [0.25, 0.3) is 0 Å². The van der Waals surface area contributed by atoms with Gasteiger partial charge in [-0.2, -0.15) is 0 Å². The van der Waals surface area contributed by atoms with Gasteiger partial charge in [0.15, 0.2) is 0 Å². The summed E-state index contributed by atoms with van der Waals surface area (Å²) < 4.78 is 15.3. The Labute approximate surface area is 188 Å². The third-order valence-electron chi connectivity index (χ3n) is 5.01. The van der Waals surface area contributed by atoms with Crippen molar-refractivity contribution in [1.29, 1.82) is 0 Å². The number of nitrogens with zero attached hydrogens (tertiary/aromatic N) is 3. The van der Waals surface area contributed by atoms with Crippen molar-refractivity contribution in [1.82, 2.24) is 14.5 Å². The van der Waals surface area contributed by atoms with E-state index in [4.69, 9.17) is 11.6 Å². The van der Waals surface area contributed by atoms with Crippen LogP contribution in [0.15, 0.2) is 96.4 Å². The number of aromatic nitrogens is 3. The van der Waals surface area contributed by atoms with E-state index in [1.165, 1.54) is 12.1 Å². The van der Waals surface area contributed by atoms with Gasteiger partial charge in [-0.15, -0.1) is 11.8 Å². The molecule has 152 valence electrons. The Morgan fingerprint density at radius 1 is 0.903 bits per heavy atom. The van der Waals surface area contributed by atoms with E-state index < -0.39 is 0 Å². The van der Waals surface area contributed by atoms with Crippen molar-refractivity contribution < 1.29 is 4.39 Å². The Bertz CT molecular complexity index is 1350. The van der Waals surface area contributed by atoms with Crippen LogP contribution in [-0.2, 0) is 5.75 Å². The number of hydrogen-bond donors (Lipinski definition) is 0. The van der Waals surface area contributed by atoms with Gasteiger partial charge in [-0.3, -0.25) is 0 Å². The van der Waals surface area contributed by atoms with Crippen LogP contribution in [0.3, 0.4) is 0 Å². The highest BCUT2D eigenvalue weighted by molar-refractivity contribution is 7.98. The van der Waals surface area contributed by atoms with Gasteiger partial charge in [-0.1, -0.05) is 60.1 Å². The molecule has 0 N–H and O–H groups in total. The number of benzene rings is 3. The topological polar surface area (TPSA) is 30.7 Å². The Morgan fingerprint density at radius 3 is 2.48 bits per heavy atom. The van der Waals surface area contributed by atoms with Gasteiger partial charge in [0.05, 0.1) is 5.39 Å². The van der Waals surface area contributed by atoms with Crippen LogP contribution in [0.4, 0.5) is 4.39 Å². The lowest BCUT2D eigenvalue weighted by atomic mass is 10.1. The molecule has 0 unspecified atom stereocenters. The molecule has 0 saturated heterocycles. The first-order valence-corrected chi connectivity index (χ1v) is 11.1. The normalized spacial score (nSPS) is 11.2. The molecule has 0 aliphatic heterocycles. The molecule has 0 aliphatic rings. The van der Waals surface area contributed by atoms with Crippen molar-refractivity contribution in [3.63, 3.8) is 0 Å². The SMILES string of the molecule is Fc1ccc(CSc2ncnc3c2c(-c2ccccc2)cn3-c2cccc(Cl)c2)cc1. The molecule has 0 fully saturated rings. The third-order valence-corrected chi connectivity index (χ3v) is 6.30. The standard InChI is InChI=1S/C25H17ClFN3S/c26-19-7-4-8-21(13-19)30-14-22(18-5-2-1-3-6-18)23-24(30)28-16-29-25(23)31-15-17-9-11-20(27)12-10-17/h1-14,16H,15H2. The molecule has 5 aromatic rings. The van der Waals surface area contributed by atoms with E-state index in [-0.39, 0.29) is 5.82 Å². The summed E-state index contributed by atoms with van der Waals surface area (Å²) in [6.45, 7) is 0. The van der Waals surface area contributed by atoms with Crippen molar-refractivity contribution in [2.75, 3.05) is 0 Å². The molecule has 2 heterocycles. The van der Waals surface area contributed by atoms with Crippen LogP contribution in [0.1, 0.15) is 5.56 Å². The lowest BCUT2D eigenvalue weighted by molar-refractivity contribution is 0.627. The summed E-state index contributed by atoms with van der Waals surface area (Å²) in [5.74, 6) is 0.450. The van der Waals surface area contributed by atoms with Crippen LogP contribution in [0.5, 0.6) is 0 Å². The Hall–Kier alpha value is -3.15. The number of thioether (sulfide) groups is 1. The molecule has 6 heteroatoms. The van der Waals surface area contributed by atoms with Crippen LogP contribution in [-0.4, -0.2) is 14.5 Å². The van der Waals surface area contributed by atoms with Crippen LogP contribution < -0.4 is 0 Å². The highest BCUT2D eigenvalue weighted by atomic mass is 35.5. The minimum absolute atomic E-state index is 0.233. The minimum Gasteiger partial charge on any atom is -0.301 e. The Kier molecular flexibility index (Phi) is 5.45. The van der Waals surface area contributed by atoms with Crippen molar-refractivity contribution >= 4 is 34.4 Å². The molecule has 3 nitrogen and oxygen atoms in total. The second kappa shape index (κ2) is 8.53. The zero-order valence-corrected chi connectivity index (χ0v) is 17.9. The maximum atomic E-state index is 13.3. The first-order chi connectivity index (χ1) is 15.2. The van der Waals surface area contributed by atoms with Gasteiger partial charge in [0.1, 0.15) is 22.8 Å². The highest BCUT2D eigenvalue weighted by Crippen LogP contribution is 2.37. The summed E-state index contributed by atoms with van der Waals surface area (Å²) >= 11 is 7.87. The number of halogens is 2. The third kappa shape index (κ3) is 4.07. The molecule has 3 aromatic carbocycles. The smallest absolute Gasteiger partial charge is 0.149 e. The Morgan fingerprint density at radius 2 is 1.71 bits per heavy atom. The number of rotatable bonds is 5. The first kappa shape index (κ1) is 19.8. The van der Waals surface area contributed by atoms with E-state index in [9.17, 15) is 4.39 Å². The van der Waals surface area contributed by atoms with Crippen LogP contribution >= 0.6 is 23.4 Å². The predicted octanol–water partition coefficient (Wildman–Crippen LogP) is 7.17. The molecule has 0 bridgehead atoms. The average Bonchev–Trinajstić information content (AvgIpc) is 3.20. The fourth-order valence-corrected chi connectivity index (χ4v) is 4.68. The predicted molar refractivity (Wildman–Crippen MR) is 125 cm³/mol. The van der Waals surface area contributed by atoms with Crippen molar-refractivity contribution in [3.05, 3.63) is 108 Å². The summed E-state index contributed by atoms with van der Waals surface area (Å²) in [6, 6.07) is 24.5. The lowest BCUT2D eigenvalue weighted by Crippen LogP contribution is -1.95. The number of fused-ring (bicyclic) bond motifs is 1. The fourth-order valence-electron chi connectivity index (χ4n) is 3.53. The van der Waals surface area contributed by atoms with E-state index in [1.807, 2.05) is 47.0 Å². The van der Waals surface area contributed by atoms with Gasteiger partial charge < -0.3 is 4.57 Å². The minimum atomic E-state index is -0.233. The molecule has 0 aliphatic carbocycles. The van der Waals surface area contributed by atoms with E-state index in [1.54, 1.807) is 30.2 Å². The molecule has 0 atom stereocenters. The Balaban J connectivity index is 1.65. The van der Waals surface area contributed by atoms with Crippen molar-refractivity contribution in [3.8, 4) is 16.8 Å². The maximum Gasteiger partial charge on any atom is 0.149 e. The lowest BCUT2D eigenvalue weighted by Gasteiger charge is -2.07. The molecule has 0 saturated carbocycles. The monoisotopic (exact) mass is 445 g/mol. The second-order valence-corrected chi connectivity index (χ2v) is 8.45. The highest BCUT2D eigenvalue weighted by Gasteiger charge is 2.17. The summed E-state index contributed by atoms with van der Waals surface area (Å²) in [5.41, 5.74) is 4.93. The molecule has 31 heavy (non-hydrogen) atoms.